The van der Waals surface area contributed by atoms with Crippen molar-refractivity contribution in [3.8, 4) is 0 Å². The van der Waals surface area contributed by atoms with Crippen molar-refractivity contribution in [3.63, 3.8) is 0 Å². The minimum atomic E-state index is -0.668. The second-order valence-electron chi connectivity index (χ2n) is 4.54. The molecule has 80 valence electrons. The van der Waals surface area contributed by atoms with Gasteiger partial charge < -0.3 is 9.84 Å². The molecule has 1 N–H and O–H groups in total. The number of rotatable bonds is 2. The van der Waals surface area contributed by atoms with Gasteiger partial charge in [0.1, 0.15) is 0 Å². The molecular weight excluding hydrogens is 180 g/mol. The summed E-state index contributed by atoms with van der Waals surface area (Å²) in [5.41, 5.74) is 0. The van der Waals surface area contributed by atoms with E-state index in [2.05, 4.69) is 0 Å². The van der Waals surface area contributed by atoms with Crippen molar-refractivity contribution in [2.75, 3.05) is 13.2 Å². The number of ether oxygens (including phenoxy) is 1. The summed E-state index contributed by atoms with van der Waals surface area (Å²) < 4.78 is 5.30. The van der Waals surface area contributed by atoms with E-state index >= 15 is 0 Å². The Morgan fingerprint density at radius 1 is 1.14 bits per heavy atom. The summed E-state index contributed by atoms with van der Waals surface area (Å²) in [6.45, 7) is 1.10. The van der Waals surface area contributed by atoms with Crippen LogP contribution in [0.25, 0.3) is 0 Å². The molecule has 1 heterocycles. The Morgan fingerprint density at radius 2 is 1.86 bits per heavy atom. The van der Waals surface area contributed by atoms with Crippen molar-refractivity contribution < 1.29 is 14.6 Å². The van der Waals surface area contributed by atoms with E-state index < -0.39 is 5.97 Å². The molecule has 0 aromatic carbocycles. The molecular formula is C11H18O3. The van der Waals surface area contributed by atoms with Gasteiger partial charge in [-0.3, -0.25) is 4.79 Å². The van der Waals surface area contributed by atoms with E-state index in [0.717, 1.165) is 0 Å². The van der Waals surface area contributed by atoms with Gasteiger partial charge in [-0.25, -0.2) is 0 Å². The van der Waals surface area contributed by atoms with E-state index in [1.54, 1.807) is 0 Å². The fourth-order valence-corrected chi connectivity index (χ4v) is 2.85. The molecule has 2 fully saturated rings. The summed E-state index contributed by atoms with van der Waals surface area (Å²) >= 11 is 0. The predicted molar refractivity (Wildman–Crippen MR) is 52.0 cm³/mol. The van der Waals surface area contributed by atoms with E-state index in [1.165, 1.54) is 32.1 Å². The molecule has 2 unspecified atom stereocenters. The Kier molecular flexibility index (Phi) is 3.06. The highest BCUT2D eigenvalue weighted by Gasteiger charge is 2.39. The molecule has 1 saturated carbocycles. The normalized spacial score (nSPS) is 34.6. The molecule has 0 aromatic rings. The molecule has 2 atom stereocenters. The van der Waals surface area contributed by atoms with Gasteiger partial charge in [-0.2, -0.15) is 0 Å². The molecule has 1 aliphatic heterocycles. The summed E-state index contributed by atoms with van der Waals surface area (Å²) in [4.78, 5) is 11.0. The van der Waals surface area contributed by atoms with Crippen LogP contribution < -0.4 is 0 Å². The molecule has 3 heteroatoms. The smallest absolute Gasteiger partial charge is 0.309 e. The molecule has 0 bridgehead atoms. The van der Waals surface area contributed by atoms with Crippen LogP contribution in [0.5, 0.6) is 0 Å². The fourth-order valence-electron chi connectivity index (χ4n) is 2.85. The monoisotopic (exact) mass is 198 g/mol. The maximum atomic E-state index is 11.0. The minimum Gasteiger partial charge on any atom is -0.481 e. The SMILES string of the molecule is O=C(O)C1COCC1C1CCCCC1. The lowest BCUT2D eigenvalue weighted by molar-refractivity contribution is -0.143. The van der Waals surface area contributed by atoms with Crippen LogP contribution in [0, 0.1) is 17.8 Å². The Labute approximate surface area is 84.4 Å². The highest BCUT2D eigenvalue weighted by atomic mass is 16.5. The third kappa shape index (κ3) is 1.92. The molecule has 0 spiro atoms. The zero-order chi connectivity index (χ0) is 9.97. The summed E-state index contributed by atoms with van der Waals surface area (Å²) in [5.74, 6) is -0.0173. The zero-order valence-electron chi connectivity index (χ0n) is 8.45. The van der Waals surface area contributed by atoms with Gasteiger partial charge in [-0.1, -0.05) is 32.1 Å². The molecule has 1 aliphatic carbocycles. The van der Waals surface area contributed by atoms with Crippen molar-refractivity contribution in [1.82, 2.24) is 0 Å². The standard InChI is InChI=1S/C11H18O3/c12-11(13)10-7-14-6-9(10)8-4-2-1-3-5-8/h8-10H,1-7H2,(H,12,13). The third-order valence-electron chi connectivity index (χ3n) is 3.70. The first-order chi connectivity index (χ1) is 6.79. The van der Waals surface area contributed by atoms with Crippen LogP contribution in [0.3, 0.4) is 0 Å². The fraction of sp³-hybridized carbons (Fsp3) is 0.909. The van der Waals surface area contributed by atoms with Crippen LogP contribution >= 0.6 is 0 Å². The van der Waals surface area contributed by atoms with Crippen LogP contribution in [-0.4, -0.2) is 24.3 Å². The molecule has 0 radical (unpaired) electrons. The van der Waals surface area contributed by atoms with Gasteiger partial charge in [-0.05, 0) is 5.92 Å². The van der Waals surface area contributed by atoms with Gasteiger partial charge in [0.25, 0.3) is 0 Å². The van der Waals surface area contributed by atoms with Crippen LogP contribution in [0.15, 0.2) is 0 Å². The number of carboxylic acids is 1. The average molecular weight is 198 g/mol. The van der Waals surface area contributed by atoms with Crippen molar-refractivity contribution in [2.45, 2.75) is 32.1 Å². The van der Waals surface area contributed by atoms with E-state index in [4.69, 9.17) is 9.84 Å². The highest BCUT2D eigenvalue weighted by molar-refractivity contribution is 5.70. The summed E-state index contributed by atoms with van der Waals surface area (Å²) in [6, 6.07) is 0. The number of hydrogen-bond donors (Lipinski definition) is 1. The van der Waals surface area contributed by atoms with Gasteiger partial charge >= 0.3 is 5.97 Å². The van der Waals surface area contributed by atoms with Gasteiger partial charge in [0.2, 0.25) is 0 Å². The van der Waals surface area contributed by atoms with E-state index in [1.807, 2.05) is 0 Å². The highest BCUT2D eigenvalue weighted by Crippen LogP contribution is 2.37. The van der Waals surface area contributed by atoms with E-state index in [9.17, 15) is 4.79 Å². The second kappa shape index (κ2) is 4.30. The lowest BCUT2D eigenvalue weighted by Crippen LogP contribution is -2.29. The van der Waals surface area contributed by atoms with Gasteiger partial charge in [0.05, 0.1) is 19.1 Å². The number of carbonyl (C=O) groups is 1. The minimum absolute atomic E-state index is 0.238. The van der Waals surface area contributed by atoms with Crippen LogP contribution in [0.4, 0.5) is 0 Å². The third-order valence-corrected chi connectivity index (χ3v) is 3.70. The quantitative estimate of drug-likeness (QED) is 0.737. The predicted octanol–water partition coefficient (Wildman–Crippen LogP) is 1.91. The number of hydrogen-bond acceptors (Lipinski definition) is 2. The van der Waals surface area contributed by atoms with E-state index in [-0.39, 0.29) is 11.8 Å². The van der Waals surface area contributed by atoms with Crippen LogP contribution in [-0.2, 0) is 9.53 Å². The molecule has 0 aromatic heterocycles. The summed E-state index contributed by atoms with van der Waals surface area (Å²) in [6.07, 6.45) is 6.28. The molecule has 0 amide bonds. The number of carboxylic acid groups (broad SMARTS) is 1. The topological polar surface area (TPSA) is 46.5 Å². The lowest BCUT2D eigenvalue weighted by atomic mass is 9.75. The first-order valence-corrected chi connectivity index (χ1v) is 5.59. The number of aliphatic carboxylic acids is 1. The van der Waals surface area contributed by atoms with Gasteiger partial charge in [-0.15, -0.1) is 0 Å². The van der Waals surface area contributed by atoms with Crippen LogP contribution in [0.1, 0.15) is 32.1 Å². The van der Waals surface area contributed by atoms with E-state index in [0.29, 0.717) is 19.1 Å². The lowest BCUT2D eigenvalue weighted by Gasteiger charge is -2.28. The molecule has 3 nitrogen and oxygen atoms in total. The Morgan fingerprint density at radius 3 is 2.50 bits per heavy atom. The van der Waals surface area contributed by atoms with Crippen molar-refractivity contribution in [3.05, 3.63) is 0 Å². The first-order valence-electron chi connectivity index (χ1n) is 5.59. The second-order valence-corrected chi connectivity index (χ2v) is 4.54. The largest absolute Gasteiger partial charge is 0.481 e. The molecule has 1 saturated heterocycles. The maximum absolute atomic E-state index is 11.0. The maximum Gasteiger partial charge on any atom is 0.309 e. The van der Waals surface area contributed by atoms with Crippen molar-refractivity contribution in [1.29, 1.82) is 0 Å². The van der Waals surface area contributed by atoms with Crippen molar-refractivity contribution in [2.24, 2.45) is 17.8 Å². The average Bonchev–Trinajstić information content (AvgIpc) is 2.67. The molecule has 14 heavy (non-hydrogen) atoms. The van der Waals surface area contributed by atoms with Gasteiger partial charge in [0.15, 0.2) is 0 Å². The molecule has 2 aliphatic rings. The zero-order valence-corrected chi connectivity index (χ0v) is 8.45. The van der Waals surface area contributed by atoms with Crippen LogP contribution in [0.2, 0.25) is 0 Å². The Hall–Kier alpha value is -0.570. The molecule has 2 rings (SSSR count). The Bertz CT molecular complexity index is 209. The van der Waals surface area contributed by atoms with Crippen molar-refractivity contribution >= 4 is 5.97 Å². The summed E-state index contributed by atoms with van der Waals surface area (Å²) in [7, 11) is 0. The van der Waals surface area contributed by atoms with Gasteiger partial charge in [0, 0.05) is 5.92 Å². The Balaban J connectivity index is 1.97. The first kappa shape index (κ1) is 9.97. The summed E-state index contributed by atoms with van der Waals surface area (Å²) in [5, 5.41) is 9.03.